The third-order valence-electron chi connectivity index (χ3n) is 2.61. The van der Waals surface area contributed by atoms with Gasteiger partial charge in [-0.05, 0) is 62.3 Å². The second-order valence-corrected chi connectivity index (χ2v) is 5.78. The molecule has 0 radical (unpaired) electrons. The second-order valence-electron chi connectivity index (χ2n) is 4.33. The summed E-state index contributed by atoms with van der Waals surface area (Å²) in [5, 5.41) is 1.50. The molecule has 2 N–H and O–H groups in total. The normalized spacial score (nSPS) is 10.7. The van der Waals surface area contributed by atoms with Gasteiger partial charge < -0.3 is 5.73 Å². The number of rotatable bonds is 4. The van der Waals surface area contributed by atoms with Crippen LogP contribution in [0.2, 0.25) is 5.02 Å². The molecule has 1 aromatic carbocycles. The molecule has 0 amide bonds. The topological polar surface area (TPSA) is 51.8 Å². The predicted molar refractivity (Wildman–Crippen MR) is 79.8 cm³/mol. The number of nitrogens with zero attached hydrogens (tertiary/aromatic N) is 2. The lowest BCUT2D eigenvalue weighted by atomic mass is 10.1. The number of hydrogen-bond donors (Lipinski definition) is 1. The van der Waals surface area contributed by atoms with Gasteiger partial charge in [0.2, 0.25) is 0 Å². The van der Waals surface area contributed by atoms with E-state index in [9.17, 15) is 0 Å². The lowest BCUT2D eigenvalue weighted by Gasteiger charge is -2.06. The zero-order valence-electron chi connectivity index (χ0n) is 11.0. The van der Waals surface area contributed by atoms with Crippen LogP contribution >= 0.6 is 23.4 Å². The molecule has 0 saturated heterocycles. The van der Waals surface area contributed by atoms with Gasteiger partial charge in [0.15, 0.2) is 5.16 Å². The van der Waals surface area contributed by atoms with Crippen LogP contribution in [0.5, 0.6) is 0 Å². The van der Waals surface area contributed by atoms with E-state index in [2.05, 4.69) is 9.97 Å². The Hall–Kier alpha value is -1.10. The van der Waals surface area contributed by atoms with Gasteiger partial charge in [-0.2, -0.15) is 0 Å². The Morgan fingerprint density at radius 2 is 1.84 bits per heavy atom. The molecule has 2 rings (SSSR count). The minimum atomic E-state index is 0.604. The maximum absolute atomic E-state index is 6.23. The van der Waals surface area contributed by atoms with E-state index >= 15 is 0 Å². The van der Waals surface area contributed by atoms with Gasteiger partial charge in [-0.25, -0.2) is 9.97 Å². The summed E-state index contributed by atoms with van der Waals surface area (Å²) in [6.45, 7) is 4.54. The van der Waals surface area contributed by atoms with Gasteiger partial charge in [0, 0.05) is 21.3 Å². The van der Waals surface area contributed by atoms with E-state index in [0.29, 0.717) is 6.54 Å². The minimum Gasteiger partial charge on any atom is -0.330 e. The number of benzene rings is 1. The molecule has 0 bridgehead atoms. The Bertz CT molecular complexity index is 567. The van der Waals surface area contributed by atoms with Crippen LogP contribution in [0.3, 0.4) is 0 Å². The molecule has 0 aliphatic rings. The van der Waals surface area contributed by atoms with E-state index in [1.54, 1.807) is 0 Å². The average molecular weight is 294 g/mol. The lowest BCUT2D eigenvalue weighted by molar-refractivity contribution is 0.902. The summed E-state index contributed by atoms with van der Waals surface area (Å²) in [6.07, 6.45) is 0.795. The average Bonchev–Trinajstić information content (AvgIpc) is 2.31. The van der Waals surface area contributed by atoms with Crippen LogP contribution < -0.4 is 5.73 Å². The highest BCUT2D eigenvalue weighted by molar-refractivity contribution is 7.99. The first-order chi connectivity index (χ1) is 9.08. The highest BCUT2D eigenvalue weighted by atomic mass is 35.5. The molecule has 1 aromatic heterocycles. The van der Waals surface area contributed by atoms with Gasteiger partial charge in [0.25, 0.3) is 0 Å². The van der Waals surface area contributed by atoms with Crippen molar-refractivity contribution in [2.24, 2.45) is 5.73 Å². The molecule has 1 heterocycles. The molecule has 100 valence electrons. The number of hydrogen-bond acceptors (Lipinski definition) is 4. The molecule has 19 heavy (non-hydrogen) atoms. The zero-order valence-corrected chi connectivity index (χ0v) is 12.6. The Morgan fingerprint density at radius 3 is 2.42 bits per heavy atom. The van der Waals surface area contributed by atoms with E-state index in [-0.39, 0.29) is 0 Å². The predicted octanol–water partition coefficient (Wildman–Crippen LogP) is 3.40. The van der Waals surface area contributed by atoms with E-state index in [1.165, 1.54) is 11.8 Å². The molecule has 0 unspecified atom stereocenters. The second kappa shape index (κ2) is 6.37. The van der Waals surface area contributed by atoms with Crippen molar-refractivity contribution in [3.05, 3.63) is 46.2 Å². The summed E-state index contributed by atoms with van der Waals surface area (Å²) in [5.41, 5.74) is 8.57. The maximum Gasteiger partial charge on any atom is 0.192 e. The van der Waals surface area contributed by atoms with Gasteiger partial charge in [-0.15, -0.1) is 0 Å². The molecule has 0 spiro atoms. The Kier molecular flexibility index (Phi) is 4.80. The molecule has 0 fully saturated rings. The summed E-state index contributed by atoms with van der Waals surface area (Å²) in [4.78, 5) is 9.85. The Balaban J connectivity index is 2.21. The van der Waals surface area contributed by atoms with E-state index in [1.807, 2.05) is 38.1 Å². The summed E-state index contributed by atoms with van der Waals surface area (Å²) in [7, 11) is 0. The monoisotopic (exact) mass is 293 g/mol. The van der Waals surface area contributed by atoms with Gasteiger partial charge in [-0.3, -0.25) is 0 Å². The number of nitrogens with two attached hydrogens (primary N) is 1. The van der Waals surface area contributed by atoms with Crippen molar-refractivity contribution < 1.29 is 0 Å². The Morgan fingerprint density at radius 1 is 1.16 bits per heavy atom. The summed E-state index contributed by atoms with van der Waals surface area (Å²) >= 11 is 7.75. The quantitative estimate of drug-likeness (QED) is 0.878. The molecule has 0 atom stereocenters. The number of aryl methyl sites for hydroxylation is 2. The summed E-state index contributed by atoms with van der Waals surface area (Å²) in [6, 6.07) is 7.95. The third kappa shape index (κ3) is 3.93. The lowest BCUT2D eigenvalue weighted by Crippen LogP contribution is -2.03. The molecular formula is C14H16ClN3S. The highest BCUT2D eigenvalue weighted by Crippen LogP contribution is 2.29. The standard InChI is InChI=1S/C14H16ClN3S/c1-9-7-10(2)18-14(17-9)19-12-4-3-11(5-6-16)13(15)8-12/h3-4,7-8H,5-6,16H2,1-2H3. The molecule has 5 heteroatoms. The first-order valence-corrected chi connectivity index (χ1v) is 7.26. The first-order valence-electron chi connectivity index (χ1n) is 6.07. The number of aromatic nitrogens is 2. The Labute approximate surface area is 122 Å². The van der Waals surface area contributed by atoms with Crippen LogP contribution in [0.15, 0.2) is 34.3 Å². The van der Waals surface area contributed by atoms with Crippen LogP contribution in [-0.4, -0.2) is 16.5 Å². The van der Waals surface area contributed by atoms with Crippen molar-refractivity contribution in [1.82, 2.24) is 9.97 Å². The van der Waals surface area contributed by atoms with Crippen LogP contribution in [0, 0.1) is 13.8 Å². The fourth-order valence-electron chi connectivity index (χ4n) is 1.79. The van der Waals surface area contributed by atoms with Crippen molar-refractivity contribution in [2.75, 3.05) is 6.54 Å². The molecule has 2 aromatic rings. The fraction of sp³-hybridized carbons (Fsp3) is 0.286. The SMILES string of the molecule is Cc1cc(C)nc(Sc2ccc(CCN)c(Cl)c2)n1. The molecule has 0 aliphatic carbocycles. The van der Waals surface area contributed by atoms with Gasteiger partial charge in [0.05, 0.1) is 0 Å². The van der Waals surface area contributed by atoms with Gasteiger partial charge >= 0.3 is 0 Å². The van der Waals surface area contributed by atoms with Crippen LogP contribution in [0.1, 0.15) is 17.0 Å². The third-order valence-corrected chi connectivity index (χ3v) is 3.82. The van der Waals surface area contributed by atoms with E-state index in [4.69, 9.17) is 17.3 Å². The molecular weight excluding hydrogens is 278 g/mol. The zero-order chi connectivity index (χ0) is 13.8. The van der Waals surface area contributed by atoms with Crippen molar-refractivity contribution in [2.45, 2.75) is 30.3 Å². The smallest absolute Gasteiger partial charge is 0.192 e. The minimum absolute atomic E-state index is 0.604. The van der Waals surface area contributed by atoms with Crippen LogP contribution in [0.25, 0.3) is 0 Å². The molecule has 3 nitrogen and oxygen atoms in total. The first kappa shape index (κ1) is 14.3. The van der Waals surface area contributed by atoms with Crippen molar-refractivity contribution in [1.29, 1.82) is 0 Å². The number of halogens is 1. The maximum atomic E-state index is 6.23. The van der Waals surface area contributed by atoms with E-state index in [0.717, 1.165) is 38.4 Å². The van der Waals surface area contributed by atoms with Gasteiger partial charge in [-0.1, -0.05) is 17.7 Å². The van der Waals surface area contributed by atoms with Crippen LogP contribution in [-0.2, 0) is 6.42 Å². The largest absolute Gasteiger partial charge is 0.330 e. The van der Waals surface area contributed by atoms with Crippen molar-refractivity contribution >= 4 is 23.4 Å². The highest BCUT2D eigenvalue weighted by Gasteiger charge is 2.06. The van der Waals surface area contributed by atoms with Gasteiger partial charge in [0.1, 0.15) is 0 Å². The molecule has 0 saturated carbocycles. The van der Waals surface area contributed by atoms with E-state index < -0.39 is 0 Å². The van der Waals surface area contributed by atoms with Crippen LogP contribution in [0.4, 0.5) is 0 Å². The van der Waals surface area contributed by atoms with Crippen molar-refractivity contribution in [3.63, 3.8) is 0 Å². The summed E-state index contributed by atoms with van der Waals surface area (Å²) < 4.78 is 0. The van der Waals surface area contributed by atoms with Crippen molar-refractivity contribution in [3.8, 4) is 0 Å². The summed E-state index contributed by atoms with van der Waals surface area (Å²) in [5.74, 6) is 0. The molecule has 0 aliphatic heterocycles. The fourth-order valence-corrected chi connectivity index (χ4v) is 3.04.